The number of halogens is 1. The molecule has 1 N–H and O–H groups in total. The maximum atomic E-state index is 12.8. The van der Waals surface area contributed by atoms with Gasteiger partial charge in [-0.15, -0.1) is 0 Å². The summed E-state index contributed by atoms with van der Waals surface area (Å²) in [6, 6.07) is 8.20. The molecular weight excluding hydrogens is 472 g/mol. The highest BCUT2D eigenvalue weighted by molar-refractivity contribution is 7.87. The first-order chi connectivity index (χ1) is 15.7. The first kappa shape index (κ1) is 26.2. The van der Waals surface area contributed by atoms with E-state index in [1.807, 2.05) is 0 Å². The molecule has 2 aromatic carbocycles. The normalized spacial score (nSPS) is 12.8. The molecule has 0 saturated carbocycles. The van der Waals surface area contributed by atoms with Crippen molar-refractivity contribution in [2.24, 2.45) is 0 Å². The third-order valence-corrected chi connectivity index (χ3v) is 5.99. The van der Waals surface area contributed by atoms with Crippen LogP contribution in [0.3, 0.4) is 0 Å². The number of carbonyl (C=O) groups excluding carboxylic acids is 1. The van der Waals surface area contributed by atoms with Gasteiger partial charge in [0.25, 0.3) is 0 Å². The van der Waals surface area contributed by atoms with E-state index in [4.69, 9.17) is 30.5 Å². The van der Waals surface area contributed by atoms with E-state index in [-0.39, 0.29) is 11.3 Å². The van der Waals surface area contributed by atoms with Crippen molar-refractivity contribution < 1.29 is 37.9 Å². The van der Waals surface area contributed by atoms with Gasteiger partial charge >= 0.3 is 5.97 Å². The quantitative estimate of drug-likeness (QED) is 0.440. The summed E-state index contributed by atoms with van der Waals surface area (Å²) in [5.74, 6) is -0.451. The van der Waals surface area contributed by atoms with Crippen LogP contribution in [0.5, 0.6) is 23.0 Å². The van der Waals surface area contributed by atoms with E-state index in [2.05, 4.69) is 0 Å². The molecule has 0 saturated heterocycles. The summed E-state index contributed by atoms with van der Waals surface area (Å²) < 4.78 is 34.0. The largest absolute Gasteiger partial charge is 0.496 e. The average Bonchev–Trinajstić information content (AvgIpc) is 2.80. The first-order valence-electron chi connectivity index (χ1n) is 9.67. The Bertz CT molecular complexity index is 1040. The van der Waals surface area contributed by atoms with Gasteiger partial charge in [0, 0.05) is 29.5 Å². The van der Waals surface area contributed by atoms with Crippen LogP contribution in [-0.4, -0.2) is 49.0 Å². The van der Waals surface area contributed by atoms with Gasteiger partial charge in [0.15, 0.2) is 0 Å². The molecule has 0 radical (unpaired) electrons. The Kier molecular flexibility index (Phi) is 9.74. The van der Waals surface area contributed by atoms with Crippen molar-refractivity contribution in [3.8, 4) is 23.0 Å². The highest BCUT2D eigenvalue weighted by Gasteiger charge is 2.26. The zero-order chi connectivity index (χ0) is 24.5. The average molecular weight is 497 g/mol. The zero-order valence-corrected chi connectivity index (χ0v) is 20.2. The van der Waals surface area contributed by atoms with Gasteiger partial charge in [-0.1, -0.05) is 12.1 Å². The lowest BCUT2D eigenvalue weighted by Crippen LogP contribution is -2.15. The molecule has 178 valence electrons. The molecule has 0 fully saturated rings. The predicted octanol–water partition coefficient (Wildman–Crippen LogP) is 3.96. The Morgan fingerprint density at radius 1 is 1.00 bits per heavy atom. The zero-order valence-electron chi connectivity index (χ0n) is 18.6. The van der Waals surface area contributed by atoms with E-state index in [1.54, 1.807) is 36.4 Å². The lowest BCUT2D eigenvalue weighted by atomic mass is 9.94. The summed E-state index contributed by atoms with van der Waals surface area (Å²) in [6.45, 7) is 0. The fraction of sp³-hybridized carbons (Fsp3) is 0.304. The van der Waals surface area contributed by atoms with Crippen molar-refractivity contribution in [2.75, 3.05) is 28.4 Å². The van der Waals surface area contributed by atoms with Crippen LogP contribution in [0.15, 0.2) is 35.7 Å². The first-order valence-corrected chi connectivity index (χ1v) is 11.4. The van der Waals surface area contributed by atoms with E-state index in [0.717, 1.165) is 0 Å². The van der Waals surface area contributed by atoms with Crippen LogP contribution < -0.4 is 18.9 Å². The van der Waals surface area contributed by atoms with Crippen LogP contribution >= 0.6 is 11.6 Å². The number of methoxy groups -OCH3 is 4. The van der Waals surface area contributed by atoms with Crippen molar-refractivity contribution >= 4 is 39.7 Å². The Labute approximate surface area is 199 Å². The van der Waals surface area contributed by atoms with Gasteiger partial charge < -0.3 is 24.1 Å². The van der Waals surface area contributed by atoms with Gasteiger partial charge in [0.05, 0.1) is 56.5 Å². The maximum Gasteiger partial charge on any atom is 0.311 e. The number of carbonyl (C=O) groups is 2. The van der Waals surface area contributed by atoms with Gasteiger partial charge in [-0.25, -0.2) is 0 Å². The number of carboxylic acid groups (broad SMARTS) is 1. The number of aliphatic carboxylic acids is 1. The van der Waals surface area contributed by atoms with Crippen LogP contribution in [0.2, 0.25) is 0 Å². The Balaban J connectivity index is 2.32. The maximum absolute atomic E-state index is 12.8. The summed E-state index contributed by atoms with van der Waals surface area (Å²) in [4.78, 5) is 23.0. The Hall–Kier alpha value is -3.04. The number of benzene rings is 2. The van der Waals surface area contributed by atoms with Crippen molar-refractivity contribution in [1.82, 2.24) is 0 Å². The van der Waals surface area contributed by atoms with Crippen LogP contribution in [0.25, 0.3) is 6.08 Å². The van der Waals surface area contributed by atoms with Crippen molar-refractivity contribution in [3.05, 3.63) is 52.4 Å². The summed E-state index contributed by atoms with van der Waals surface area (Å²) in [5, 5.41) is 10.3. The summed E-state index contributed by atoms with van der Waals surface area (Å²) >= 11 is 5.42. The molecule has 0 aliphatic heterocycles. The SMILES string of the molecule is COc1cc(OC)c(/C=C/S(=O)Cc2ccc(OC)c(C(CC(=O)Cl)C(=O)O)c2)c(OC)c1. The minimum absolute atomic E-state index is 0.107. The van der Waals surface area contributed by atoms with Crippen LogP contribution in [0, 0.1) is 0 Å². The second-order valence-corrected chi connectivity index (χ2v) is 8.54. The van der Waals surface area contributed by atoms with E-state index < -0.39 is 34.4 Å². The summed E-state index contributed by atoms with van der Waals surface area (Å²) in [7, 11) is 4.48. The lowest BCUT2D eigenvalue weighted by Gasteiger charge is -2.16. The molecular formula is C23H25ClO8S. The molecule has 0 aromatic heterocycles. The third-order valence-electron chi connectivity index (χ3n) is 4.78. The van der Waals surface area contributed by atoms with Gasteiger partial charge in [-0.2, -0.15) is 0 Å². The summed E-state index contributed by atoms with van der Waals surface area (Å²) in [6.07, 6.45) is 1.24. The molecule has 8 nitrogen and oxygen atoms in total. The van der Waals surface area contributed by atoms with Gasteiger partial charge in [-0.3, -0.25) is 13.8 Å². The topological polar surface area (TPSA) is 108 Å². The predicted molar refractivity (Wildman–Crippen MR) is 126 cm³/mol. The fourth-order valence-corrected chi connectivity index (χ4v) is 4.24. The molecule has 2 atom stereocenters. The molecule has 2 unspecified atom stereocenters. The molecule has 0 spiro atoms. The molecule has 2 rings (SSSR count). The van der Waals surface area contributed by atoms with Crippen LogP contribution in [0.1, 0.15) is 29.0 Å². The molecule has 0 amide bonds. The van der Waals surface area contributed by atoms with E-state index >= 15 is 0 Å². The Morgan fingerprint density at radius 2 is 1.61 bits per heavy atom. The molecule has 0 heterocycles. The van der Waals surface area contributed by atoms with Crippen molar-refractivity contribution in [2.45, 2.75) is 18.1 Å². The molecule has 2 aromatic rings. The standard InChI is InChI=1S/C23H25ClO8S/c1-29-15-10-20(31-3)16(21(11-15)32-4)7-8-33(28)13-14-5-6-19(30-2)17(9-14)18(23(26)27)12-22(24)25/h5-11,18H,12-13H2,1-4H3,(H,26,27)/b8-7+. The van der Waals surface area contributed by atoms with Gasteiger partial charge in [-0.05, 0) is 29.3 Å². The van der Waals surface area contributed by atoms with Gasteiger partial charge in [0.1, 0.15) is 23.0 Å². The molecule has 10 heteroatoms. The van der Waals surface area contributed by atoms with Crippen LogP contribution in [-0.2, 0) is 26.1 Å². The van der Waals surface area contributed by atoms with E-state index in [1.165, 1.54) is 33.8 Å². The smallest absolute Gasteiger partial charge is 0.311 e. The second-order valence-electron chi connectivity index (χ2n) is 6.80. The van der Waals surface area contributed by atoms with Gasteiger partial charge in [0.2, 0.25) is 5.24 Å². The second kappa shape index (κ2) is 12.3. The summed E-state index contributed by atoms with van der Waals surface area (Å²) in [5.41, 5.74) is 1.49. The number of carboxylic acids is 1. The molecule has 0 aliphatic rings. The van der Waals surface area contributed by atoms with E-state index in [9.17, 15) is 18.9 Å². The Morgan fingerprint density at radius 3 is 2.09 bits per heavy atom. The monoisotopic (exact) mass is 496 g/mol. The van der Waals surface area contributed by atoms with E-state index in [0.29, 0.717) is 34.1 Å². The molecule has 0 aliphatic carbocycles. The minimum atomic E-state index is -1.45. The molecule has 33 heavy (non-hydrogen) atoms. The third kappa shape index (κ3) is 6.97. The number of hydrogen-bond acceptors (Lipinski definition) is 7. The minimum Gasteiger partial charge on any atom is -0.496 e. The highest BCUT2D eigenvalue weighted by Crippen LogP contribution is 2.35. The van der Waals surface area contributed by atoms with Crippen LogP contribution in [0.4, 0.5) is 0 Å². The van der Waals surface area contributed by atoms with Crippen molar-refractivity contribution in [1.29, 1.82) is 0 Å². The lowest BCUT2D eigenvalue weighted by molar-refractivity contribution is -0.140. The highest BCUT2D eigenvalue weighted by atomic mass is 35.5. The molecule has 0 bridgehead atoms. The van der Waals surface area contributed by atoms with Crippen molar-refractivity contribution in [3.63, 3.8) is 0 Å². The number of ether oxygens (including phenoxy) is 4. The fourth-order valence-electron chi connectivity index (χ4n) is 3.19. The number of hydrogen-bond donors (Lipinski definition) is 1. The number of rotatable bonds is 12.